The van der Waals surface area contributed by atoms with Crippen molar-refractivity contribution < 1.29 is 10.2 Å². The molecule has 2 aromatic heterocycles. The van der Waals surface area contributed by atoms with Gasteiger partial charge in [0.2, 0.25) is 0 Å². The van der Waals surface area contributed by atoms with Gasteiger partial charge in [0, 0.05) is 24.7 Å². The summed E-state index contributed by atoms with van der Waals surface area (Å²) in [6, 6.07) is 8.73. The first kappa shape index (κ1) is 17.0. The molecule has 7 heteroatoms. The van der Waals surface area contributed by atoms with Crippen LogP contribution >= 0.6 is 11.8 Å². The van der Waals surface area contributed by atoms with Crippen LogP contribution in [0.25, 0.3) is 5.65 Å². The van der Waals surface area contributed by atoms with E-state index < -0.39 is 12.2 Å². The summed E-state index contributed by atoms with van der Waals surface area (Å²) >= 11 is 1.56. The van der Waals surface area contributed by atoms with E-state index >= 15 is 0 Å². The number of fused-ring (bicyclic) bond motifs is 1. The topological polar surface area (TPSA) is 82.7 Å². The molecule has 2 fully saturated rings. The van der Waals surface area contributed by atoms with Gasteiger partial charge in [-0.1, -0.05) is 24.3 Å². The zero-order chi connectivity index (χ0) is 18.4. The van der Waals surface area contributed by atoms with Gasteiger partial charge in [-0.05, 0) is 29.9 Å². The number of aliphatic hydroxyl groups excluding tert-OH is 2. The zero-order valence-electron chi connectivity index (χ0n) is 14.8. The van der Waals surface area contributed by atoms with Crippen LogP contribution in [0.4, 0.5) is 5.82 Å². The quantitative estimate of drug-likeness (QED) is 0.629. The fourth-order valence-electron chi connectivity index (χ4n) is 3.69. The molecule has 2 aliphatic rings. The van der Waals surface area contributed by atoms with E-state index in [1.165, 1.54) is 24.0 Å². The number of rotatable bonds is 5. The van der Waals surface area contributed by atoms with E-state index in [0.717, 1.165) is 23.1 Å². The number of nitrogens with zero attached hydrogens (tertiary/aromatic N) is 3. The van der Waals surface area contributed by atoms with Crippen molar-refractivity contribution >= 4 is 23.2 Å². The first-order chi connectivity index (χ1) is 13.2. The van der Waals surface area contributed by atoms with E-state index in [0.29, 0.717) is 12.3 Å². The summed E-state index contributed by atoms with van der Waals surface area (Å²) in [7, 11) is 0. The minimum atomic E-state index is -0.773. The highest BCUT2D eigenvalue weighted by molar-refractivity contribution is 7.99. The van der Waals surface area contributed by atoms with Gasteiger partial charge in [-0.2, -0.15) is 0 Å². The summed E-state index contributed by atoms with van der Waals surface area (Å²) in [6.45, 7) is 0.689. The Morgan fingerprint density at radius 2 is 2.11 bits per heavy atom. The van der Waals surface area contributed by atoms with Gasteiger partial charge in [-0.3, -0.25) is 4.40 Å². The normalized spacial score (nSPS) is 25.2. The van der Waals surface area contributed by atoms with Gasteiger partial charge in [0.1, 0.15) is 0 Å². The predicted molar refractivity (Wildman–Crippen MR) is 106 cm³/mol. The van der Waals surface area contributed by atoms with Gasteiger partial charge >= 0.3 is 0 Å². The standard InChI is InChI=1S/C20H22N4O2S/c25-16-11-27-18(17(16)26)15-10-23-20-19(21-6-7-24(15)20)22-9-12-2-1-3-14(8-12)13-4-5-13/h1-3,6-8,10,13,16-18,25-26H,4-5,9,11H2,(H,21,22)/t16-,17-,18+/m1/s1. The van der Waals surface area contributed by atoms with Gasteiger partial charge in [0.15, 0.2) is 11.5 Å². The molecule has 6 nitrogen and oxygen atoms in total. The number of anilines is 1. The molecular weight excluding hydrogens is 360 g/mol. The molecule has 1 saturated heterocycles. The average molecular weight is 382 g/mol. The Labute approximate surface area is 161 Å². The highest BCUT2D eigenvalue weighted by Crippen LogP contribution is 2.41. The van der Waals surface area contributed by atoms with Gasteiger partial charge in [0.05, 0.1) is 29.3 Å². The molecule has 0 bridgehead atoms. The Morgan fingerprint density at radius 3 is 2.89 bits per heavy atom. The molecule has 140 valence electrons. The molecule has 0 amide bonds. The average Bonchev–Trinajstić information content (AvgIpc) is 3.38. The van der Waals surface area contributed by atoms with Crippen molar-refractivity contribution in [2.24, 2.45) is 0 Å². The lowest BCUT2D eigenvalue weighted by Crippen LogP contribution is -2.25. The van der Waals surface area contributed by atoms with Crippen LogP contribution in [0, 0.1) is 0 Å². The highest BCUT2D eigenvalue weighted by atomic mass is 32.2. The Balaban J connectivity index is 1.39. The molecule has 1 aliphatic heterocycles. The van der Waals surface area contributed by atoms with Crippen molar-refractivity contribution in [3.63, 3.8) is 0 Å². The lowest BCUT2D eigenvalue weighted by atomic mass is 10.1. The molecule has 3 N–H and O–H groups in total. The third kappa shape index (κ3) is 3.20. The van der Waals surface area contributed by atoms with Gasteiger partial charge in [-0.25, -0.2) is 9.97 Å². The van der Waals surface area contributed by atoms with Gasteiger partial charge < -0.3 is 15.5 Å². The predicted octanol–water partition coefficient (Wildman–Crippen LogP) is 2.73. The largest absolute Gasteiger partial charge is 0.390 e. The second-order valence-corrected chi connectivity index (χ2v) is 8.51. The third-order valence-electron chi connectivity index (χ3n) is 5.36. The molecule has 27 heavy (non-hydrogen) atoms. The fraction of sp³-hybridized carbons (Fsp3) is 0.400. The van der Waals surface area contributed by atoms with Crippen molar-refractivity contribution in [3.05, 3.63) is 59.7 Å². The maximum atomic E-state index is 10.2. The number of hydrogen-bond acceptors (Lipinski definition) is 6. The Hall–Kier alpha value is -2.09. The van der Waals surface area contributed by atoms with Crippen molar-refractivity contribution in [1.29, 1.82) is 0 Å². The lowest BCUT2D eigenvalue weighted by molar-refractivity contribution is 0.0411. The molecule has 1 aliphatic carbocycles. The van der Waals surface area contributed by atoms with E-state index in [1.54, 1.807) is 24.2 Å². The van der Waals surface area contributed by atoms with Crippen LogP contribution in [0.1, 0.15) is 40.8 Å². The van der Waals surface area contributed by atoms with Gasteiger partial charge in [0.25, 0.3) is 0 Å². The molecule has 1 aromatic carbocycles. The Kier molecular flexibility index (Phi) is 4.30. The molecule has 3 aromatic rings. The minimum Gasteiger partial charge on any atom is -0.390 e. The maximum Gasteiger partial charge on any atom is 0.180 e. The fourth-order valence-corrected chi connectivity index (χ4v) is 5.02. The summed E-state index contributed by atoms with van der Waals surface area (Å²) in [5, 5.41) is 23.3. The molecule has 1 saturated carbocycles. The van der Waals surface area contributed by atoms with E-state index in [2.05, 4.69) is 39.6 Å². The van der Waals surface area contributed by atoms with Crippen LogP contribution in [-0.2, 0) is 6.54 Å². The van der Waals surface area contributed by atoms with Crippen molar-refractivity contribution in [3.8, 4) is 0 Å². The second-order valence-electron chi connectivity index (χ2n) is 7.34. The number of thioether (sulfide) groups is 1. The van der Waals surface area contributed by atoms with Crippen LogP contribution in [0.2, 0.25) is 0 Å². The number of aliphatic hydroxyl groups is 2. The minimum absolute atomic E-state index is 0.180. The van der Waals surface area contributed by atoms with Gasteiger partial charge in [-0.15, -0.1) is 11.8 Å². The van der Waals surface area contributed by atoms with E-state index in [9.17, 15) is 10.2 Å². The number of imidazole rings is 1. The number of aromatic nitrogens is 3. The summed E-state index contributed by atoms with van der Waals surface area (Å²) < 4.78 is 1.95. The van der Waals surface area contributed by atoms with Crippen molar-refractivity contribution in [2.45, 2.75) is 42.8 Å². The highest BCUT2D eigenvalue weighted by Gasteiger charge is 2.37. The number of hydrogen-bond donors (Lipinski definition) is 3. The first-order valence-corrected chi connectivity index (χ1v) is 10.4. The van der Waals surface area contributed by atoms with Crippen molar-refractivity contribution in [2.75, 3.05) is 11.1 Å². The van der Waals surface area contributed by atoms with Crippen LogP contribution in [0.3, 0.4) is 0 Å². The van der Waals surface area contributed by atoms with Crippen LogP contribution in [0.5, 0.6) is 0 Å². The Morgan fingerprint density at radius 1 is 1.22 bits per heavy atom. The van der Waals surface area contributed by atoms with Crippen LogP contribution in [0.15, 0.2) is 42.9 Å². The van der Waals surface area contributed by atoms with E-state index in [-0.39, 0.29) is 5.25 Å². The first-order valence-electron chi connectivity index (χ1n) is 9.33. The molecule has 5 rings (SSSR count). The molecule has 0 unspecified atom stereocenters. The monoisotopic (exact) mass is 382 g/mol. The van der Waals surface area contributed by atoms with E-state index in [1.807, 2.05) is 10.6 Å². The summed E-state index contributed by atoms with van der Waals surface area (Å²) in [6.07, 6.45) is 6.50. The van der Waals surface area contributed by atoms with Crippen LogP contribution in [-0.4, -0.2) is 42.5 Å². The molecule has 3 atom stereocenters. The molecule has 0 spiro atoms. The smallest absolute Gasteiger partial charge is 0.180 e. The molecule has 0 radical (unpaired) electrons. The van der Waals surface area contributed by atoms with Crippen LogP contribution < -0.4 is 5.32 Å². The van der Waals surface area contributed by atoms with Crippen molar-refractivity contribution in [1.82, 2.24) is 14.4 Å². The molecular formula is C20H22N4O2S. The van der Waals surface area contributed by atoms with E-state index in [4.69, 9.17) is 0 Å². The molecule has 3 heterocycles. The third-order valence-corrected chi connectivity index (χ3v) is 6.77. The lowest BCUT2D eigenvalue weighted by Gasteiger charge is -2.15. The Bertz CT molecular complexity index is 972. The second kappa shape index (κ2) is 6.82. The summed E-state index contributed by atoms with van der Waals surface area (Å²) in [4.78, 5) is 8.98. The SMILES string of the molecule is O[C@@H]1[C@H](O)CS[C@H]1c1cnc2c(NCc3cccc(C4CC4)c3)nccn12. The summed E-state index contributed by atoms with van der Waals surface area (Å²) in [5.41, 5.74) is 4.29. The maximum absolute atomic E-state index is 10.2. The number of nitrogens with one attached hydrogen (secondary N) is 1. The summed E-state index contributed by atoms with van der Waals surface area (Å²) in [5.74, 6) is 2.00. The zero-order valence-corrected chi connectivity index (χ0v) is 15.6. The number of benzene rings is 1.